The standard InChI is InChI=1S/C19H25N3O2/c1-19(2,24)13-22(16-9-10-16)17-4-3-11-21(18(17)23)15-7-5-14(12-20)6-8-15/h5-8,16-17,24H,3-4,9-11,13H2,1-2H3/t17-/m1/s1. The Balaban J connectivity index is 1.79. The highest BCUT2D eigenvalue weighted by molar-refractivity contribution is 5.98. The van der Waals surface area contributed by atoms with Gasteiger partial charge in [0.1, 0.15) is 0 Å². The molecule has 2 fully saturated rings. The van der Waals surface area contributed by atoms with E-state index < -0.39 is 5.60 Å². The van der Waals surface area contributed by atoms with Crippen molar-refractivity contribution in [1.29, 1.82) is 5.26 Å². The third-order valence-electron chi connectivity index (χ3n) is 4.70. The van der Waals surface area contributed by atoms with Gasteiger partial charge < -0.3 is 10.0 Å². The summed E-state index contributed by atoms with van der Waals surface area (Å²) >= 11 is 0. The number of nitriles is 1. The van der Waals surface area contributed by atoms with Crippen LogP contribution in [0.25, 0.3) is 0 Å². The van der Waals surface area contributed by atoms with E-state index >= 15 is 0 Å². The maximum Gasteiger partial charge on any atom is 0.244 e. The van der Waals surface area contributed by atoms with Crippen LogP contribution in [-0.2, 0) is 4.79 Å². The highest BCUT2D eigenvalue weighted by Gasteiger charge is 2.42. The molecule has 1 aliphatic heterocycles. The van der Waals surface area contributed by atoms with Crippen molar-refractivity contribution < 1.29 is 9.90 Å². The molecule has 1 aromatic rings. The van der Waals surface area contributed by atoms with Gasteiger partial charge in [0.2, 0.25) is 5.91 Å². The van der Waals surface area contributed by atoms with E-state index in [0.29, 0.717) is 24.7 Å². The Bertz CT molecular complexity index is 638. The fraction of sp³-hybridized carbons (Fsp3) is 0.579. The van der Waals surface area contributed by atoms with Gasteiger partial charge in [-0.05, 0) is 63.8 Å². The Morgan fingerprint density at radius 3 is 2.50 bits per heavy atom. The molecule has 1 atom stereocenters. The molecule has 1 heterocycles. The Labute approximate surface area is 143 Å². The molecule has 1 aromatic carbocycles. The predicted octanol–water partition coefficient (Wildman–Crippen LogP) is 2.29. The van der Waals surface area contributed by atoms with E-state index in [1.807, 2.05) is 17.0 Å². The van der Waals surface area contributed by atoms with Crippen molar-refractivity contribution in [3.05, 3.63) is 29.8 Å². The van der Waals surface area contributed by atoms with Gasteiger partial charge in [0.05, 0.1) is 23.3 Å². The molecule has 1 N–H and O–H groups in total. The Morgan fingerprint density at radius 2 is 1.96 bits per heavy atom. The first-order valence-electron chi connectivity index (χ1n) is 8.69. The van der Waals surface area contributed by atoms with Gasteiger partial charge in [0.15, 0.2) is 0 Å². The molecule has 0 unspecified atom stereocenters. The van der Waals surface area contributed by atoms with Gasteiger partial charge in [-0.1, -0.05) is 0 Å². The number of benzene rings is 1. The molecule has 1 aliphatic carbocycles. The third kappa shape index (κ3) is 3.77. The zero-order chi connectivity index (χ0) is 17.3. The van der Waals surface area contributed by atoms with Crippen LogP contribution < -0.4 is 4.90 Å². The summed E-state index contributed by atoms with van der Waals surface area (Å²) in [6.07, 6.45) is 4.01. The summed E-state index contributed by atoms with van der Waals surface area (Å²) in [6.45, 7) is 4.83. The maximum atomic E-state index is 13.1. The molecule has 3 rings (SSSR count). The molecule has 0 radical (unpaired) electrons. The number of rotatable bonds is 5. The number of piperidine rings is 1. The summed E-state index contributed by atoms with van der Waals surface area (Å²) in [6, 6.07) is 9.56. The average molecular weight is 327 g/mol. The lowest BCUT2D eigenvalue weighted by Crippen LogP contribution is -2.56. The summed E-state index contributed by atoms with van der Waals surface area (Å²) < 4.78 is 0. The van der Waals surface area contributed by atoms with E-state index in [1.165, 1.54) is 0 Å². The topological polar surface area (TPSA) is 67.6 Å². The minimum absolute atomic E-state index is 0.113. The van der Waals surface area contributed by atoms with Crippen molar-refractivity contribution in [2.75, 3.05) is 18.0 Å². The van der Waals surface area contributed by atoms with E-state index in [-0.39, 0.29) is 11.9 Å². The molecule has 1 amide bonds. The molecule has 0 bridgehead atoms. The molecule has 1 saturated carbocycles. The van der Waals surface area contributed by atoms with Gasteiger partial charge in [-0.15, -0.1) is 0 Å². The summed E-state index contributed by atoms with van der Waals surface area (Å²) in [5.41, 5.74) is 0.642. The Kier molecular flexibility index (Phi) is 4.62. The van der Waals surface area contributed by atoms with Crippen LogP contribution in [0, 0.1) is 11.3 Å². The van der Waals surface area contributed by atoms with E-state index in [1.54, 1.807) is 26.0 Å². The van der Waals surface area contributed by atoms with Gasteiger partial charge in [-0.25, -0.2) is 0 Å². The lowest BCUT2D eigenvalue weighted by Gasteiger charge is -2.40. The summed E-state index contributed by atoms with van der Waals surface area (Å²) in [4.78, 5) is 17.1. The fourth-order valence-electron chi connectivity index (χ4n) is 3.48. The Morgan fingerprint density at radius 1 is 1.29 bits per heavy atom. The van der Waals surface area contributed by atoms with Gasteiger partial charge in [0.25, 0.3) is 0 Å². The molecular weight excluding hydrogens is 302 g/mol. The monoisotopic (exact) mass is 327 g/mol. The van der Waals surface area contributed by atoms with Crippen LogP contribution in [0.4, 0.5) is 5.69 Å². The van der Waals surface area contributed by atoms with Crippen LogP contribution in [0.5, 0.6) is 0 Å². The molecule has 2 aliphatic rings. The van der Waals surface area contributed by atoms with Gasteiger partial charge in [-0.2, -0.15) is 5.26 Å². The maximum absolute atomic E-state index is 13.1. The van der Waals surface area contributed by atoms with Crippen molar-refractivity contribution >= 4 is 11.6 Å². The minimum atomic E-state index is -0.806. The lowest BCUT2D eigenvalue weighted by molar-refractivity contribution is -0.127. The average Bonchev–Trinajstić information content (AvgIpc) is 3.37. The van der Waals surface area contributed by atoms with Crippen LogP contribution in [0.3, 0.4) is 0 Å². The molecule has 128 valence electrons. The number of anilines is 1. The molecule has 5 heteroatoms. The highest BCUT2D eigenvalue weighted by atomic mass is 16.3. The highest BCUT2D eigenvalue weighted by Crippen LogP contribution is 2.34. The second-order valence-electron chi connectivity index (χ2n) is 7.52. The first kappa shape index (κ1) is 16.9. The lowest BCUT2D eigenvalue weighted by atomic mass is 9.99. The number of amides is 1. The minimum Gasteiger partial charge on any atom is -0.389 e. The number of aliphatic hydroxyl groups is 1. The van der Waals surface area contributed by atoms with Gasteiger partial charge in [-0.3, -0.25) is 9.69 Å². The van der Waals surface area contributed by atoms with E-state index in [9.17, 15) is 9.90 Å². The van der Waals surface area contributed by atoms with Crippen LogP contribution in [0.2, 0.25) is 0 Å². The summed E-state index contributed by atoms with van der Waals surface area (Å²) in [5.74, 6) is 0.113. The van der Waals surface area contributed by atoms with Crippen LogP contribution in [0.1, 0.15) is 45.1 Å². The normalized spacial score (nSPS) is 21.9. The van der Waals surface area contributed by atoms with E-state index in [4.69, 9.17) is 5.26 Å². The van der Waals surface area contributed by atoms with Crippen molar-refractivity contribution in [3.63, 3.8) is 0 Å². The summed E-state index contributed by atoms with van der Waals surface area (Å²) in [7, 11) is 0. The zero-order valence-corrected chi connectivity index (χ0v) is 14.4. The van der Waals surface area contributed by atoms with Crippen LogP contribution in [-0.4, -0.2) is 46.7 Å². The number of carbonyl (C=O) groups excluding carboxylic acids is 1. The molecule has 1 saturated heterocycles. The summed E-state index contributed by atoms with van der Waals surface area (Å²) in [5, 5.41) is 19.1. The van der Waals surface area contributed by atoms with Crippen molar-refractivity contribution in [2.24, 2.45) is 0 Å². The second-order valence-corrected chi connectivity index (χ2v) is 7.52. The van der Waals surface area contributed by atoms with E-state index in [0.717, 1.165) is 31.4 Å². The van der Waals surface area contributed by atoms with Crippen molar-refractivity contribution in [3.8, 4) is 6.07 Å². The number of hydrogen-bond acceptors (Lipinski definition) is 4. The van der Waals surface area contributed by atoms with Crippen LogP contribution >= 0.6 is 0 Å². The van der Waals surface area contributed by atoms with Crippen molar-refractivity contribution in [2.45, 2.75) is 57.2 Å². The third-order valence-corrected chi connectivity index (χ3v) is 4.70. The second kappa shape index (κ2) is 6.54. The number of nitrogens with zero attached hydrogens (tertiary/aromatic N) is 3. The predicted molar refractivity (Wildman–Crippen MR) is 92.6 cm³/mol. The smallest absolute Gasteiger partial charge is 0.244 e. The molecule has 0 aromatic heterocycles. The number of hydrogen-bond donors (Lipinski definition) is 1. The first-order valence-corrected chi connectivity index (χ1v) is 8.69. The SMILES string of the molecule is CC(C)(O)CN(C1CC1)[C@@H]1CCCN(c2ccc(C#N)cc2)C1=O. The molecule has 0 spiro atoms. The van der Waals surface area contributed by atoms with Crippen molar-refractivity contribution in [1.82, 2.24) is 4.90 Å². The molecular formula is C19H25N3O2. The quantitative estimate of drug-likeness (QED) is 0.901. The first-order chi connectivity index (χ1) is 11.4. The number of carbonyl (C=O) groups is 1. The zero-order valence-electron chi connectivity index (χ0n) is 14.4. The van der Waals surface area contributed by atoms with Gasteiger partial charge in [0, 0.05) is 24.8 Å². The van der Waals surface area contributed by atoms with E-state index in [2.05, 4.69) is 11.0 Å². The molecule has 24 heavy (non-hydrogen) atoms. The fourth-order valence-corrected chi connectivity index (χ4v) is 3.48. The van der Waals surface area contributed by atoms with Crippen LogP contribution in [0.15, 0.2) is 24.3 Å². The molecule has 5 nitrogen and oxygen atoms in total. The van der Waals surface area contributed by atoms with Gasteiger partial charge >= 0.3 is 0 Å². The Hall–Kier alpha value is -1.90. The largest absolute Gasteiger partial charge is 0.389 e.